The Hall–Kier alpha value is -2.07. The molecule has 0 unspecified atom stereocenters. The molecule has 3 heterocycles. The zero-order valence-corrected chi connectivity index (χ0v) is 15.3. The number of aromatic amines is 1. The van der Waals surface area contributed by atoms with Crippen molar-refractivity contribution < 1.29 is 9.53 Å². The third kappa shape index (κ3) is 2.43. The standard InChI is InChI=1S/C22H26N2O2/c1-2-26-22(25)15-8-9-19-14(13-15)7-10-20-21-17(11-12-24(19)20)16-5-3-4-6-18(16)23-21/h3-6,13-14,19-20,23H,2,7-12H2,1H3/t14-,19-,20-/m0/s1. The summed E-state index contributed by atoms with van der Waals surface area (Å²) in [6, 6.07) is 9.76. The van der Waals surface area contributed by atoms with Crippen molar-refractivity contribution in [2.75, 3.05) is 13.2 Å². The van der Waals surface area contributed by atoms with Crippen molar-refractivity contribution in [1.82, 2.24) is 9.88 Å². The van der Waals surface area contributed by atoms with Gasteiger partial charge in [-0.05, 0) is 56.6 Å². The summed E-state index contributed by atoms with van der Waals surface area (Å²) >= 11 is 0. The Morgan fingerprint density at radius 2 is 2.12 bits per heavy atom. The van der Waals surface area contributed by atoms with E-state index in [1.165, 1.54) is 22.2 Å². The number of H-pyrrole nitrogens is 1. The maximum Gasteiger partial charge on any atom is 0.333 e. The summed E-state index contributed by atoms with van der Waals surface area (Å²) < 4.78 is 5.22. The van der Waals surface area contributed by atoms with Crippen molar-refractivity contribution in [2.24, 2.45) is 5.92 Å². The molecule has 2 aromatic rings. The lowest BCUT2D eigenvalue weighted by atomic mass is 9.75. The third-order valence-corrected chi connectivity index (χ3v) is 6.56. The van der Waals surface area contributed by atoms with Gasteiger partial charge in [0.15, 0.2) is 0 Å². The number of hydrogen-bond acceptors (Lipinski definition) is 3. The Morgan fingerprint density at radius 3 is 3.00 bits per heavy atom. The van der Waals surface area contributed by atoms with Gasteiger partial charge in [0.2, 0.25) is 0 Å². The van der Waals surface area contributed by atoms with Crippen LogP contribution in [0.2, 0.25) is 0 Å². The minimum atomic E-state index is -0.107. The molecule has 0 saturated carbocycles. The lowest BCUT2D eigenvalue weighted by molar-refractivity contribution is -0.139. The first-order valence-electron chi connectivity index (χ1n) is 9.99. The van der Waals surface area contributed by atoms with Crippen LogP contribution in [0.4, 0.5) is 0 Å². The lowest BCUT2D eigenvalue weighted by Gasteiger charge is -2.49. The number of ether oxygens (including phenoxy) is 1. The Bertz CT molecular complexity index is 881. The molecule has 0 radical (unpaired) electrons. The van der Waals surface area contributed by atoms with E-state index in [9.17, 15) is 4.79 Å². The van der Waals surface area contributed by atoms with Crippen LogP contribution >= 0.6 is 0 Å². The van der Waals surface area contributed by atoms with Gasteiger partial charge in [0.05, 0.1) is 12.6 Å². The molecule has 0 spiro atoms. The molecule has 1 aromatic carbocycles. The summed E-state index contributed by atoms with van der Waals surface area (Å²) in [6.07, 6.45) is 7.58. The predicted molar refractivity (Wildman–Crippen MR) is 102 cm³/mol. The van der Waals surface area contributed by atoms with Crippen LogP contribution in [0.15, 0.2) is 35.9 Å². The molecule has 1 N–H and O–H groups in total. The van der Waals surface area contributed by atoms with E-state index in [1.54, 1.807) is 0 Å². The number of benzene rings is 1. The number of hydrogen-bond donors (Lipinski definition) is 1. The van der Waals surface area contributed by atoms with Gasteiger partial charge in [0, 0.05) is 34.8 Å². The predicted octanol–water partition coefficient (Wildman–Crippen LogP) is 4.13. The molecule has 136 valence electrons. The summed E-state index contributed by atoms with van der Waals surface area (Å²) in [6.45, 7) is 3.46. The fourth-order valence-corrected chi connectivity index (χ4v) is 5.45. The van der Waals surface area contributed by atoms with E-state index in [1.807, 2.05) is 6.92 Å². The summed E-state index contributed by atoms with van der Waals surface area (Å²) in [5.74, 6) is 0.384. The molecular weight excluding hydrogens is 324 g/mol. The van der Waals surface area contributed by atoms with Crippen LogP contribution in [-0.2, 0) is 16.0 Å². The number of rotatable bonds is 2. The first-order chi connectivity index (χ1) is 12.8. The number of esters is 1. The fourth-order valence-electron chi connectivity index (χ4n) is 5.45. The van der Waals surface area contributed by atoms with Gasteiger partial charge in [-0.1, -0.05) is 24.3 Å². The number of nitrogens with zero attached hydrogens (tertiary/aromatic N) is 1. The highest BCUT2D eigenvalue weighted by Crippen LogP contribution is 2.46. The van der Waals surface area contributed by atoms with Gasteiger partial charge in [-0.2, -0.15) is 0 Å². The van der Waals surface area contributed by atoms with Gasteiger partial charge in [0.1, 0.15) is 0 Å². The van der Waals surface area contributed by atoms with Crippen LogP contribution in [0.5, 0.6) is 0 Å². The minimum absolute atomic E-state index is 0.107. The van der Waals surface area contributed by atoms with Gasteiger partial charge >= 0.3 is 5.97 Å². The largest absolute Gasteiger partial charge is 0.463 e. The van der Waals surface area contributed by atoms with Crippen molar-refractivity contribution in [1.29, 1.82) is 0 Å². The maximum atomic E-state index is 12.1. The first-order valence-corrected chi connectivity index (χ1v) is 9.99. The van der Waals surface area contributed by atoms with Crippen LogP contribution in [0.3, 0.4) is 0 Å². The summed E-state index contributed by atoms with van der Waals surface area (Å²) in [5, 5.41) is 1.40. The van der Waals surface area contributed by atoms with Gasteiger partial charge in [-0.3, -0.25) is 4.90 Å². The number of para-hydroxylation sites is 1. The number of carbonyl (C=O) groups excluding carboxylic acids is 1. The molecule has 4 nitrogen and oxygen atoms in total. The van der Waals surface area contributed by atoms with Gasteiger partial charge in [0.25, 0.3) is 0 Å². The lowest BCUT2D eigenvalue weighted by Crippen LogP contribution is -2.50. The molecule has 0 bridgehead atoms. The zero-order valence-electron chi connectivity index (χ0n) is 15.3. The van der Waals surface area contributed by atoms with Crippen molar-refractivity contribution >= 4 is 16.9 Å². The topological polar surface area (TPSA) is 45.3 Å². The van der Waals surface area contributed by atoms with E-state index in [0.717, 1.165) is 44.2 Å². The second-order valence-electron chi connectivity index (χ2n) is 7.83. The molecule has 4 heteroatoms. The quantitative estimate of drug-likeness (QED) is 0.829. The Balaban J connectivity index is 1.44. The molecule has 3 atom stereocenters. The van der Waals surface area contributed by atoms with Crippen molar-refractivity contribution in [3.05, 3.63) is 47.2 Å². The van der Waals surface area contributed by atoms with E-state index in [-0.39, 0.29) is 5.97 Å². The molecule has 1 fully saturated rings. The second-order valence-corrected chi connectivity index (χ2v) is 7.83. The van der Waals surface area contributed by atoms with Crippen molar-refractivity contribution in [3.8, 4) is 0 Å². The normalized spacial score (nSPS) is 28.0. The Labute approximate surface area is 154 Å². The van der Waals surface area contributed by atoms with E-state index in [0.29, 0.717) is 24.6 Å². The van der Waals surface area contributed by atoms with Crippen LogP contribution in [0.25, 0.3) is 10.9 Å². The maximum absolute atomic E-state index is 12.1. The fraction of sp³-hybridized carbons (Fsp3) is 0.500. The van der Waals surface area contributed by atoms with Gasteiger partial charge in [-0.15, -0.1) is 0 Å². The Kier molecular flexibility index (Phi) is 3.89. The number of nitrogens with one attached hydrogen (secondary N) is 1. The average Bonchev–Trinajstić information content (AvgIpc) is 3.06. The average molecular weight is 350 g/mol. The van der Waals surface area contributed by atoms with E-state index in [4.69, 9.17) is 4.74 Å². The van der Waals surface area contributed by atoms with Crippen LogP contribution in [0.1, 0.15) is 49.9 Å². The molecule has 1 aliphatic carbocycles. The molecular formula is C22H26N2O2. The molecule has 1 saturated heterocycles. The molecule has 2 aliphatic heterocycles. The SMILES string of the molecule is CCOC(=O)C1=C[C@@H]2CC[C@H]3c4[nH]c5ccccc5c4CCN3[C@H]2CC1. The molecule has 0 amide bonds. The summed E-state index contributed by atoms with van der Waals surface area (Å²) in [5.41, 5.74) is 5.14. The number of carbonyl (C=O) groups is 1. The Morgan fingerprint density at radius 1 is 1.23 bits per heavy atom. The van der Waals surface area contributed by atoms with Gasteiger partial charge < -0.3 is 9.72 Å². The number of piperidine rings is 1. The van der Waals surface area contributed by atoms with Crippen LogP contribution < -0.4 is 0 Å². The van der Waals surface area contributed by atoms with E-state index in [2.05, 4.69) is 40.2 Å². The highest BCUT2D eigenvalue weighted by atomic mass is 16.5. The van der Waals surface area contributed by atoms with E-state index < -0.39 is 0 Å². The zero-order chi connectivity index (χ0) is 17.7. The smallest absolute Gasteiger partial charge is 0.333 e. The summed E-state index contributed by atoms with van der Waals surface area (Å²) in [7, 11) is 0. The van der Waals surface area contributed by atoms with Crippen LogP contribution in [0, 0.1) is 5.92 Å². The molecule has 1 aromatic heterocycles. The van der Waals surface area contributed by atoms with E-state index >= 15 is 0 Å². The highest BCUT2D eigenvalue weighted by molar-refractivity contribution is 5.88. The number of fused-ring (bicyclic) bond motifs is 7. The van der Waals surface area contributed by atoms with Crippen molar-refractivity contribution in [3.63, 3.8) is 0 Å². The molecule has 26 heavy (non-hydrogen) atoms. The van der Waals surface area contributed by atoms with Crippen molar-refractivity contribution in [2.45, 2.75) is 51.1 Å². The molecule has 5 rings (SSSR count). The molecule has 3 aliphatic rings. The van der Waals surface area contributed by atoms with Crippen LogP contribution in [-0.4, -0.2) is 35.0 Å². The minimum Gasteiger partial charge on any atom is -0.463 e. The first kappa shape index (κ1) is 16.1. The number of aromatic nitrogens is 1. The highest BCUT2D eigenvalue weighted by Gasteiger charge is 2.42. The second kappa shape index (κ2) is 6.27. The third-order valence-electron chi connectivity index (χ3n) is 6.56. The van der Waals surface area contributed by atoms with Gasteiger partial charge in [-0.25, -0.2) is 4.79 Å². The summed E-state index contributed by atoms with van der Waals surface area (Å²) in [4.78, 5) is 18.5. The monoisotopic (exact) mass is 350 g/mol.